The van der Waals surface area contributed by atoms with Crippen molar-refractivity contribution in [2.24, 2.45) is 5.16 Å². The molecule has 168 valence electrons. The quantitative estimate of drug-likeness (QED) is 0.549. The first kappa shape index (κ1) is 22.2. The van der Waals surface area contributed by atoms with Crippen molar-refractivity contribution in [3.63, 3.8) is 0 Å². The van der Waals surface area contributed by atoms with Crippen molar-refractivity contribution in [1.29, 1.82) is 0 Å². The van der Waals surface area contributed by atoms with Crippen molar-refractivity contribution in [2.45, 2.75) is 32.5 Å². The van der Waals surface area contributed by atoms with Crippen LogP contribution in [0.4, 0.5) is 10.1 Å². The van der Waals surface area contributed by atoms with Crippen LogP contribution >= 0.6 is 0 Å². The van der Waals surface area contributed by atoms with Gasteiger partial charge in [-0.15, -0.1) is 0 Å². The van der Waals surface area contributed by atoms with Gasteiger partial charge in [-0.1, -0.05) is 59.8 Å². The zero-order chi connectivity index (χ0) is 23.4. The fourth-order valence-corrected chi connectivity index (χ4v) is 3.50. The maximum Gasteiger partial charge on any atom is 0.351 e. The lowest BCUT2D eigenvalue weighted by Gasteiger charge is -2.20. The van der Waals surface area contributed by atoms with Gasteiger partial charge in [0.05, 0.1) is 5.71 Å². The predicted molar refractivity (Wildman–Crippen MR) is 122 cm³/mol. The number of carbonyl (C=O) groups excluding carboxylic acids is 2. The van der Waals surface area contributed by atoms with E-state index in [-0.39, 0.29) is 6.42 Å². The molecule has 2 atom stereocenters. The minimum atomic E-state index is -1.18. The Bertz CT molecular complexity index is 1210. The van der Waals surface area contributed by atoms with Gasteiger partial charge in [0.2, 0.25) is 12.2 Å². The van der Waals surface area contributed by atoms with E-state index in [0.29, 0.717) is 22.5 Å². The van der Waals surface area contributed by atoms with Gasteiger partial charge in [-0.2, -0.15) is 0 Å². The monoisotopic (exact) mass is 446 g/mol. The van der Waals surface area contributed by atoms with E-state index in [9.17, 15) is 14.0 Å². The van der Waals surface area contributed by atoms with E-state index in [1.165, 1.54) is 12.1 Å². The minimum Gasteiger partial charge on any atom is -0.444 e. The summed E-state index contributed by atoms with van der Waals surface area (Å²) in [7, 11) is 0. The van der Waals surface area contributed by atoms with E-state index in [1.54, 1.807) is 36.4 Å². The van der Waals surface area contributed by atoms with Gasteiger partial charge in [-0.05, 0) is 43.2 Å². The van der Waals surface area contributed by atoms with E-state index in [1.807, 2.05) is 38.1 Å². The highest BCUT2D eigenvalue weighted by molar-refractivity contribution is 6.04. The molecule has 6 nitrogen and oxygen atoms in total. The van der Waals surface area contributed by atoms with Crippen LogP contribution < -0.4 is 5.32 Å². The van der Waals surface area contributed by atoms with E-state index >= 15 is 0 Å². The molecule has 1 heterocycles. The summed E-state index contributed by atoms with van der Waals surface area (Å²) < 4.78 is 19.1. The fourth-order valence-electron chi connectivity index (χ4n) is 3.50. The summed E-state index contributed by atoms with van der Waals surface area (Å²) in [6.45, 7) is 3.81. The van der Waals surface area contributed by atoms with Crippen LogP contribution in [0, 0.1) is 19.7 Å². The third-order valence-corrected chi connectivity index (χ3v) is 5.32. The summed E-state index contributed by atoms with van der Waals surface area (Å²) in [5, 5.41) is 6.77. The number of halogens is 1. The molecule has 0 bridgehead atoms. The molecule has 3 aromatic carbocycles. The van der Waals surface area contributed by atoms with Crippen LogP contribution in [-0.2, 0) is 19.2 Å². The number of amides is 1. The first-order valence-corrected chi connectivity index (χ1v) is 10.5. The lowest BCUT2D eigenvalue weighted by atomic mass is 10.0. The van der Waals surface area contributed by atoms with Crippen molar-refractivity contribution in [3.8, 4) is 0 Å². The van der Waals surface area contributed by atoms with E-state index in [2.05, 4.69) is 10.5 Å². The van der Waals surface area contributed by atoms with Gasteiger partial charge in [0, 0.05) is 23.2 Å². The molecule has 0 radical (unpaired) electrons. The highest BCUT2D eigenvalue weighted by Crippen LogP contribution is 2.25. The normalized spacial score (nSPS) is 15.8. The Morgan fingerprint density at radius 3 is 2.61 bits per heavy atom. The van der Waals surface area contributed by atoms with Crippen molar-refractivity contribution in [1.82, 2.24) is 0 Å². The van der Waals surface area contributed by atoms with Crippen LogP contribution in [0.15, 0.2) is 78.0 Å². The Kier molecular flexibility index (Phi) is 6.49. The smallest absolute Gasteiger partial charge is 0.351 e. The molecule has 3 aromatic rings. The summed E-state index contributed by atoms with van der Waals surface area (Å²) in [5.74, 6) is -1.61. The molecule has 0 aromatic heterocycles. The Labute approximate surface area is 191 Å². The molecule has 0 unspecified atom stereocenters. The van der Waals surface area contributed by atoms with Crippen molar-refractivity contribution in [2.75, 3.05) is 5.32 Å². The molecule has 0 spiro atoms. The second-order valence-corrected chi connectivity index (χ2v) is 7.88. The summed E-state index contributed by atoms with van der Waals surface area (Å²) in [4.78, 5) is 31.3. The Morgan fingerprint density at radius 1 is 1.06 bits per heavy atom. The van der Waals surface area contributed by atoms with Gasteiger partial charge in [0.15, 0.2) is 0 Å². The number of ether oxygens (including phenoxy) is 1. The zero-order valence-corrected chi connectivity index (χ0v) is 18.2. The number of nitrogens with zero attached hydrogens (tertiary/aromatic N) is 1. The Morgan fingerprint density at radius 2 is 1.85 bits per heavy atom. The molecular weight excluding hydrogens is 423 g/mol. The topological polar surface area (TPSA) is 77.0 Å². The number of hydrogen-bond acceptors (Lipinski definition) is 5. The van der Waals surface area contributed by atoms with E-state index < -0.39 is 29.9 Å². The number of oxime groups is 1. The summed E-state index contributed by atoms with van der Waals surface area (Å²) in [5.41, 5.74) is 4.01. The Hall–Kier alpha value is -4.00. The summed E-state index contributed by atoms with van der Waals surface area (Å²) in [6.07, 6.45) is -2.09. The highest BCUT2D eigenvalue weighted by atomic mass is 19.1. The maximum absolute atomic E-state index is 13.5. The lowest BCUT2D eigenvalue weighted by molar-refractivity contribution is -0.164. The molecule has 1 amide bonds. The molecular formula is C26H23FN2O4. The molecule has 1 N–H and O–H groups in total. The van der Waals surface area contributed by atoms with Crippen LogP contribution in [0.5, 0.6) is 0 Å². The third kappa shape index (κ3) is 5.26. The number of nitrogens with one attached hydrogen (secondary N) is 1. The number of carbonyl (C=O) groups is 2. The molecule has 7 heteroatoms. The van der Waals surface area contributed by atoms with Gasteiger partial charge >= 0.3 is 5.97 Å². The number of rotatable bonds is 6. The van der Waals surface area contributed by atoms with Crippen molar-refractivity contribution < 1.29 is 23.6 Å². The van der Waals surface area contributed by atoms with Gasteiger partial charge in [0.25, 0.3) is 5.91 Å². The Balaban J connectivity index is 1.50. The van der Waals surface area contributed by atoms with Crippen LogP contribution in [-0.4, -0.2) is 23.7 Å². The standard InChI is InChI=1S/C26H23FN2O4/c1-16-11-12-17(2)21(13-16)28-25(30)24(18-7-4-3-5-8-18)32-26(31)23-15-22(29-33-23)19-9-6-10-20(27)14-19/h3-14,23-24H,15H2,1-2H3,(H,28,30)/t23-,24-/m0/s1. The first-order chi connectivity index (χ1) is 15.9. The minimum absolute atomic E-state index is 0.113. The average Bonchev–Trinajstić information content (AvgIpc) is 3.31. The number of aryl methyl sites for hydroxylation is 2. The second-order valence-electron chi connectivity index (χ2n) is 7.88. The fraction of sp³-hybridized carbons (Fsp3) is 0.192. The molecule has 0 aliphatic carbocycles. The van der Waals surface area contributed by atoms with Gasteiger partial charge in [-0.3, -0.25) is 4.79 Å². The zero-order valence-electron chi connectivity index (χ0n) is 18.2. The van der Waals surface area contributed by atoms with Crippen LogP contribution in [0.3, 0.4) is 0 Å². The number of anilines is 1. The van der Waals surface area contributed by atoms with Gasteiger partial charge in [0.1, 0.15) is 5.82 Å². The van der Waals surface area contributed by atoms with E-state index in [4.69, 9.17) is 9.57 Å². The van der Waals surface area contributed by atoms with Crippen molar-refractivity contribution in [3.05, 3.63) is 101 Å². The lowest BCUT2D eigenvalue weighted by Crippen LogP contribution is -2.31. The van der Waals surface area contributed by atoms with Gasteiger partial charge < -0.3 is 14.9 Å². The summed E-state index contributed by atoms with van der Waals surface area (Å²) >= 11 is 0. The van der Waals surface area contributed by atoms with Crippen molar-refractivity contribution >= 4 is 23.3 Å². The number of benzene rings is 3. The third-order valence-electron chi connectivity index (χ3n) is 5.32. The molecule has 0 saturated heterocycles. The average molecular weight is 446 g/mol. The summed E-state index contributed by atoms with van der Waals surface area (Å²) in [6, 6.07) is 20.4. The number of esters is 1. The predicted octanol–water partition coefficient (Wildman–Crippen LogP) is 4.86. The van der Waals surface area contributed by atoms with Crippen LogP contribution in [0.25, 0.3) is 0 Å². The molecule has 0 saturated carbocycles. The first-order valence-electron chi connectivity index (χ1n) is 10.5. The largest absolute Gasteiger partial charge is 0.444 e. The van der Waals surface area contributed by atoms with E-state index in [0.717, 1.165) is 11.1 Å². The second kappa shape index (κ2) is 9.65. The van der Waals surface area contributed by atoms with Crippen LogP contribution in [0.1, 0.15) is 34.8 Å². The van der Waals surface area contributed by atoms with Gasteiger partial charge in [-0.25, -0.2) is 9.18 Å². The molecule has 1 aliphatic rings. The highest BCUT2D eigenvalue weighted by Gasteiger charge is 2.34. The molecule has 4 rings (SSSR count). The molecule has 0 fully saturated rings. The van der Waals surface area contributed by atoms with Crippen LogP contribution in [0.2, 0.25) is 0 Å². The SMILES string of the molecule is Cc1ccc(C)c(NC(=O)[C@@H](OC(=O)[C@@H]2CC(c3cccc(F)c3)=NO2)c2ccccc2)c1. The maximum atomic E-state index is 13.5. The molecule has 33 heavy (non-hydrogen) atoms. The molecule has 1 aliphatic heterocycles. The number of hydrogen-bond donors (Lipinski definition) is 1.